The molecule has 3 rings (SSSR count). The lowest BCUT2D eigenvalue weighted by atomic mass is 10.2. The maximum Gasteiger partial charge on any atom is 0.262 e. The van der Waals surface area contributed by atoms with Gasteiger partial charge in [0.05, 0.1) is 16.2 Å². The fraction of sp³-hybridized carbons (Fsp3) is 0.286. The number of rotatable bonds is 7. The third-order valence-corrected chi connectivity index (χ3v) is 5.87. The molecule has 0 saturated carbocycles. The molecule has 1 N–H and O–H groups in total. The highest BCUT2D eigenvalue weighted by molar-refractivity contribution is 8.00. The van der Waals surface area contributed by atoms with E-state index in [2.05, 4.69) is 17.2 Å². The Morgan fingerprint density at radius 1 is 1.21 bits per heavy atom. The number of para-hydroxylation sites is 1. The summed E-state index contributed by atoms with van der Waals surface area (Å²) in [5.41, 5.74) is 1.07. The lowest BCUT2D eigenvalue weighted by Crippen LogP contribution is -2.27. The summed E-state index contributed by atoms with van der Waals surface area (Å²) >= 11 is 13.3. The van der Waals surface area contributed by atoms with Gasteiger partial charge in [0.2, 0.25) is 5.91 Å². The molecule has 1 unspecified atom stereocenters. The van der Waals surface area contributed by atoms with Gasteiger partial charge in [-0.15, -0.1) is 0 Å². The van der Waals surface area contributed by atoms with Crippen molar-refractivity contribution < 1.29 is 4.79 Å². The van der Waals surface area contributed by atoms with E-state index >= 15 is 0 Å². The normalized spacial score (nSPS) is 12.1. The second-order valence-corrected chi connectivity index (χ2v) is 8.81. The zero-order chi connectivity index (χ0) is 21.0. The molecule has 8 heteroatoms. The molecule has 5 nitrogen and oxygen atoms in total. The number of benzene rings is 2. The van der Waals surface area contributed by atoms with E-state index in [0.717, 1.165) is 12.8 Å². The van der Waals surface area contributed by atoms with Gasteiger partial charge in [0.15, 0.2) is 5.16 Å². The van der Waals surface area contributed by atoms with Crippen molar-refractivity contribution in [3.63, 3.8) is 0 Å². The Hall–Kier alpha value is -2.02. The van der Waals surface area contributed by atoms with Crippen LogP contribution in [0.25, 0.3) is 10.9 Å². The lowest BCUT2D eigenvalue weighted by Gasteiger charge is -2.16. The third-order valence-electron chi connectivity index (χ3n) is 4.34. The molecule has 0 saturated heterocycles. The quantitative estimate of drug-likeness (QED) is 0.375. The summed E-state index contributed by atoms with van der Waals surface area (Å²) in [5.74, 6) is -0.224. The topological polar surface area (TPSA) is 64.0 Å². The summed E-state index contributed by atoms with van der Waals surface area (Å²) in [7, 11) is 0. The van der Waals surface area contributed by atoms with Crippen LogP contribution < -0.4 is 10.9 Å². The molecule has 3 aromatic rings. The van der Waals surface area contributed by atoms with Gasteiger partial charge in [-0.25, -0.2) is 4.98 Å². The Kier molecular flexibility index (Phi) is 7.22. The van der Waals surface area contributed by atoms with Crippen molar-refractivity contribution in [2.24, 2.45) is 0 Å². The van der Waals surface area contributed by atoms with E-state index in [1.807, 2.05) is 18.2 Å². The summed E-state index contributed by atoms with van der Waals surface area (Å²) in [6.07, 6.45) is 1.81. The lowest BCUT2D eigenvalue weighted by molar-refractivity contribution is -0.115. The molecule has 29 heavy (non-hydrogen) atoms. The van der Waals surface area contributed by atoms with Crippen LogP contribution in [-0.2, 0) is 11.3 Å². The molecule has 0 aliphatic rings. The number of amides is 1. The van der Waals surface area contributed by atoms with E-state index in [4.69, 9.17) is 23.2 Å². The minimum absolute atomic E-state index is 0.0826. The number of aromatic nitrogens is 2. The number of hydrogen-bond acceptors (Lipinski definition) is 4. The van der Waals surface area contributed by atoms with Crippen LogP contribution in [-0.4, -0.2) is 20.7 Å². The molecule has 0 fully saturated rings. The van der Waals surface area contributed by atoms with Crippen molar-refractivity contribution in [3.8, 4) is 0 Å². The molecular weight excluding hydrogens is 429 g/mol. The molecule has 1 atom stereocenters. The number of anilines is 1. The largest absolute Gasteiger partial charge is 0.325 e. The molecule has 1 heterocycles. The molecular formula is C21H21Cl2N3O2S. The van der Waals surface area contributed by atoms with Crippen molar-refractivity contribution in [2.45, 2.75) is 43.6 Å². The third kappa shape index (κ3) is 5.32. The van der Waals surface area contributed by atoms with Crippen LogP contribution in [0.5, 0.6) is 0 Å². The van der Waals surface area contributed by atoms with E-state index in [0.29, 0.717) is 38.3 Å². The van der Waals surface area contributed by atoms with Gasteiger partial charge in [-0.1, -0.05) is 60.4 Å². The molecule has 0 aliphatic carbocycles. The molecule has 1 amide bonds. The SMILES string of the molecule is CCCCn1c(SC(C)C(=O)Nc2cc(Cl)cc(Cl)c2)nc2ccccc2c1=O. The van der Waals surface area contributed by atoms with E-state index < -0.39 is 5.25 Å². The number of nitrogens with one attached hydrogen (secondary N) is 1. The number of carbonyl (C=O) groups excluding carboxylic acids is 1. The second kappa shape index (κ2) is 9.65. The van der Waals surface area contributed by atoms with Gasteiger partial charge in [-0.2, -0.15) is 0 Å². The van der Waals surface area contributed by atoms with Gasteiger partial charge >= 0.3 is 0 Å². The van der Waals surface area contributed by atoms with Crippen LogP contribution in [0.3, 0.4) is 0 Å². The van der Waals surface area contributed by atoms with Crippen molar-refractivity contribution in [1.82, 2.24) is 9.55 Å². The number of nitrogens with zero attached hydrogens (tertiary/aromatic N) is 2. The summed E-state index contributed by atoms with van der Waals surface area (Å²) in [6.45, 7) is 4.41. The Balaban J connectivity index is 1.87. The summed E-state index contributed by atoms with van der Waals surface area (Å²) in [4.78, 5) is 30.3. The molecule has 1 aromatic heterocycles. The molecule has 0 aliphatic heterocycles. The predicted octanol–water partition coefficient (Wildman–Crippen LogP) is 5.62. The Morgan fingerprint density at radius 3 is 2.59 bits per heavy atom. The van der Waals surface area contributed by atoms with Crippen molar-refractivity contribution >= 4 is 57.5 Å². The monoisotopic (exact) mass is 449 g/mol. The van der Waals surface area contributed by atoms with E-state index in [-0.39, 0.29) is 11.5 Å². The standard InChI is InChI=1S/C21H21Cl2N3O2S/c1-3-4-9-26-20(28)17-7-5-6-8-18(17)25-21(26)29-13(2)19(27)24-16-11-14(22)10-15(23)12-16/h5-8,10-13H,3-4,9H2,1-2H3,(H,24,27). The fourth-order valence-corrected chi connectivity index (χ4v) is 4.29. The highest BCUT2D eigenvalue weighted by atomic mass is 35.5. The van der Waals surface area contributed by atoms with Gasteiger partial charge < -0.3 is 5.32 Å². The van der Waals surface area contributed by atoms with Crippen LogP contribution in [0.4, 0.5) is 5.69 Å². The number of fused-ring (bicyclic) bond motifs is 1. The van der Waals surface area contributed by atoms with Gasteiger partial charge in [0, 0.05) is 22.3 Å². The molecule has 0 spiro atoms. The average molecular weight is 450 g/mol. The Morgan fingerprint density at radius 2 is 1.90 bits per heavy atom. The van der Waals surface area contributed by atoms with Crippen molar-refractivity contribution in [3.05, 3.63) is 62.9 Å². The zero-order valence-corrected chi connectivity index (χ0v) is 18.4. The molecule has 0 radical (unpaired) electrons. The van der Waals surface area contributed by atoms with E-state index in [1.165, 1.54) is 11.8 Å². The van der Waals surface area contributed by atoms with E-state index in [9.17, 15) is 9.59 Å². The van der Waals surface area contributed by atoms with Gasteiger partial charge in [-0.3, -0.25) is 14.2 Å². The number of thioether (sulfide) groups is 1. The van der Waals surface area contributed by atoms with Crippen molar-refractivity contribution in [1.29, 1.82) is 0 Å². The first kappa shape index (κ1) is 21.7. The molecule has 0 bridgehead atoms. The van der Waals surface area contributed by atoms with E-state index in [1.54, 1.807) is 35.8 Å². The van der Waals surface area contributed by atoms with Gasteiger partial charge in [0.1, 0.15) is 0 Å². The smallest absolute Gasteiger partial charge is 0.262 e. The first-order valence-corrected chi connectivity index (χ1v) is 11.0. The van der Waals surface area contributed by atoms with Crippen LogP contribution in [0, 0.1) is 0 Å². The molecule has 2 aromatic carbocycles. The fourth-order valence-electron chi connectivity index (χ4n) is 2.83. The number of halogens is 2. The average Bonchev–Trinajstić information content (AvgIpc) is 2.67. The Bertz CT molecular complexity index is 1080. The predicted molar refractivity (Wildman–Crippen MR) is 121 cm³/mol. The Labute approximate surface area is 183 Å². The summed E-state index contributed by atoms with van der Waals surface area (Å²) < 4.78 is 1.66. The summed E-state index contributed by atoms with van der Waals surface area (Å²) in [6, 6.07) is 12.1. The van der Waals surface area contributed by atoms with Crippen LogP contribution in [0.15, 0.2) is 52.4 Å². The highest BCUT2D eigenvalue weighted by Gasteiger charge is 2.19. The van der Waals surface area contributed by atoms with Crippen LogP contribution in [0.2, 0.25) is 10.0 Å². The van der Waals surface area contributed by atoms with Gasteiger partial charge in [-0.05, 0) is 43.7 Å². The minimum atomic E-state index is -0.478. The number of carbonyl (C=O) groups is 1. The first-order chi connectivity index (χ1) is 13.9. The zero-order valence-electron chi connectivity index (χ0n) is 16.1. The maximum atomic E-state index is 13.0. The summed E-state index contributed by atoms with van der Waals surface area (Å²) in [5, 5.41) is 4.34. The second-order valence-electron chi connectivity index (χ2n) is 6.63. The molecule has 152 valence electrons. The van der Waals surface area contributed by atoms with Crippen LogP contribution >= 0.6 is 35.0 Å². The maximum absolute atomic E-state index is 13.0. The van der Waals surface area contributed by atoms with Crippen molar-refractivity contribution in [2.75, 3.05) is 5.32 Å². The number of unbranched alkanes of at least 4 members (excludes halogenated alkanes) is 1. The first-order valence-electron chi connectivity index (χ1n) is 9.32. The van der Waals surface area contributed by atoms with Gasteiger partial charge in [0.25, 0.3) is 5.56 Å². The number of hydrogen-bond donors (Lipinski definition) is 1. The minimum Gasteiger partial charge on any atom is -0.325 e. The highest BCUT2D eigenvalue weighted by Crippen LogP contribution is 2.26. The van der Waals surface area contributed by atoms with Crippen LogP contribution in [0.1, 0.15) is 26.7 Å².